The summed E-state index contributed by atoms with van der Waals surface area (Å²) in [5, 5.41) is 2.73. The zero-order valence-corrected chi connectivity index (χ0v) is 15.0. The van der Waals surface area contributed by atoms with Gasteiger partial charge in [0, 0.05) is 10.2 Å². The number of amides is 1. The average molecular weight is 392 g/mol. The van der Waals surface area contributed by atoms with Crippen LogP contribution in [0.3, 0.4) is 0 Å². The summed E-state index contributed by atoms with van der Waals surface area (Å²) >= 11 is 3.32. The highest BCUT2D eigenvalue weighted by Crippen LogP contribution is 2.18. The van der Waals surface area contributed by atoms with E-state index in [1.807, 2.05) is 31.2 Å². The molecule has 2 aromatic rings. The summed E-state index contributed by atoms with van der Waals surface area (Å²) in [6.45, 7) is 3.14. The van der Waals surface area contributed by atoms with Crippen LogP contribution >= 0.6 is 15.9 Å². The predicted octanol–water partition coefficient (Wildman–Crippen LogP) is 3.71. The molecule has 0 saturated heterocycles. The highest BCUT2D eigenvalue weighted by Gasteiger charge is 2.18. The number of ether oxygens (including phenoxy) is 2. The van der Waals surface area contributed by atoms with Crippen molar-refractivity contribution in [2.45, 2.75) is 20.0 Å². The second kappa shape index (κ2) is 8.49. The molecule has 2 rings (SSSR count). The minimum Gasteiger partial charge on any atom is -0.482 e. The van der Waals surface area contributed by atoms with Crippen LogP contribution in [0.2, 0.25) is 0 Å². The molecule has 0 fully saturated rings. The summed E-state index contributed by atoms with van der Waals surface area (Å²) in [7, 11) is 0. The number of aryl methyl sites for hydroxylation is 1. The molecule has 0 spiro atoms. The molecule has 1 atom stereocenters. The molecule has 2 aromatic carbocycles. The third-order valence-corrected chi connectivity index (χ3v) is 3.73. The van der Waals surface area contributed by atoms with E-state index in [1.165, 1.54) is 6.92 Å². The molecule has 126 valence electrons. The van der Waals surface area contributed by atoms with Gasteiger partial charge in [0.1, 0.15) is 5.75 Å². The first kappa shape index (κ1) is 18.0. The van der Waals surface area contributed by atoms with E-state index in [9.17, 15) is 9.59 Å². The van der Waals surface area contributed by atoms with Crippen molar-refractivity contribution in [3.05, 3.63) is 58.6 Å². The average Bonchev–Trinajstić information content (AvgIpc) is 2.55. The smallest absolute Gasteiger partial charge is 0.344 e. The lowest BCUT2D eigenvalue weighted by Crippen LogP contribution is -2.31. The second-order valence-electron chi connectivity index (χ2n) is 5.18. The first-order valence-electron chi connectivity index (χ1n) is 7.40. The fraction of sp³-hybridized carbons (Fsp3) is 0.222. The van der Waals surface area contributed by atoms with Gasteiger partial charge in [0.15, 0.2) is 12.7 Å². The van der Waals surface area contributed by atoms with Crippen LogP contribution in [-0.4, -0.2) is 24.6 Å². The molecule has 0 aromatic heterocycles. The Kier molecular flexibility index (Phi) is 6.37. The van der Waals surface area contributed by atoms with Crippen LogP contribution in [-0.2, 0) is 14.3 Å². The van der Waals surface area contributed by atoms with Gasteiger partial charge in [0.05, 0.1) is 0 Å². The Balaban J connectivity index is 1.82. The maximum absolute atomic E-state index is 12.1. The predicted molar refractivity (Wildman–Crippen MR) is 95.0 cm³/mol. The summed E-state index contributed by atoms with van der Waals surface area (Å²) in [5.74, 6) is -0.458. The van der Waals surface area contributed by atoms with Crippen LogP contribution in [0.15, 0.2) is 53.0 Å². The quantitative estimate of drug-likeness (QED) is 0.762. The lowest BCUT2D eigenvalue weighted by atomic mass is 10.2. The lowest BCUT2D eigenvalue weighted by molar-refractivity contribution is -0.155. The molecule has 0 aliphatic carbocycles. The molecule has 0 bridgehead atoms. The monoisotopic (exact) mass is 391 g/mol. The summed E-state index contributed by atoms with van der Waals surface area (Å²) < 4.78 is 11.3. The molecule has 0 radical (unpaired) electrons. The summed E-state index contributed by atoms with van der Waals surface area (Å²) in [4.78, 5) is 23.9. The molecular formula is C18H18BrNO4. The van der Waals surface area contributed by atoms with Crippen molar-refractivity contribution in [2.24, 2.45) is 0 Å². The normalized spacial score (nSPS) is 11.5. The molecule has 1 amide bonds. The number of halogens is 1. The van der Waals surface area contributed by atoms with Crippen molar-refractivity contribution >= 4 is 33.5 Å². The Morgan fingerprint density at radius 1 is 1.17 bits per heavy atom. The molecular weight excluding hydrogens is 374 g/mol. The lowest BCUT2D eigenvalue weighted by Gasteiger charge is -2.15. The van der Waals surface area contributed by atoms with E-state index < -0.39 is 12.1 Å². The maximum Gasteiger partial charge on any atom is 0.344 e. The van der Waals surface area contributed by atoms with Gasteiger partial charge in [0.2, 0.25) is 0 Å². The molecule has 0 aliphatic rings. The first-order chi connectivity index (χ1) is 11.5. The first-order valence-corrected chi connectivity index (χ1v) is 8.19. The van der Waals surface area contributed by atoms with Crippen LogP contribution in [0.25, 0.3) is 0 Å². The minimum atomic E-state index is -0.914. The van der Waals surface area contributed by atoms with E-state index in [4.69, 9.17) is 9.47 Å². The number of benzene rings is 2. The molecule has 24 heavy (non-hydrogen) atoms. The SMILES string of the molecule is Cc1ccccc1NC(=O)C(C)OC(=O)COc1cccc(Br)c1. The van der Waals surface area contributed by atoms with Gasteiger partial charge in [-0.05, 0) is 43.7 Å². The fourth-order valence-corrected chi connectivity index (χ4v) is 2.31. The number of nitrogens with one attached hydrogen (secondary N) is 1. The molecule has 0 saturated carbocycles. The number of carbonyl (C=O) groups is 2. The molecule has 1 unspecified atom stereocenters. The van der Waals surface area contributed by atoms with Crippen LogP contribution in [0.4, 0.5) is 5.69 Å². The largest absolute Gasteiger partial charge is 0.482 e. The van der Waals surface area contributed by atoms with E-state index in [2.05, 4.69) is 21.2 Å². The van der Waals surface area contributed by atoms with Crippen molar-refractivity contribution in [3.8, 4) is 5.75 Å². The Morgan fingerprint density at radius 3 is 2.62 bits per heavy atom. The van der Waals surface area contributed by atoms with Crippen molar-refractivity contribution in [1.29, 1.82) is 0 Å². The Labute approximate surface area is 149 Å². The van der Waals surface area contributed by atoms with E-state index in [0.29, 0.717) is 11.4 Å². The number of hydrogen-bond donors (Lipinski definition) is 1. The molecule has 6 heteroatoms. The van der Waals surface area contributed by atoms with E-state index >= 15 is 0 Å². The highest BCUT2D eigenvalue weighted by atomic mass is 79.9. The summed E-state index contributed by atoms with van der Waals surface area (Å²) in [6, 6.07) is 14.5. The Morgan fingerprint density at radius 2 is 1.92 bits per heavy atom. The van der Waals surface area contributed by atoms with Gasteiger partial charge < -0.3 is 14.8 Å². The van der Waals surface area contributed by atoms with Gasteiger partial charge in [-0.15, -0.1) is 0 Å². The third-order valence-electron chi connectivity index (χ3n) is 3.23. The van der Waals surface area contributed by atoms with Crippen LogP contribution in [0.5, 0.6) is 5.75 Å². The van der Waals surface area contributed by atoms with E-state index in [1.54, 1.807) is 24.3 Å². The van der Waals surface area contributed by atoms with Crippen molar-refractivity contribution in [3.63, 3.8) is 0 Å². The topological polar surface area (TPSA) is 64.6 Å². The second-order valence-corrected chi connectivity index (χ2v) is 6.10. The van der Waals surface area contributed by atoms with Gasteiger partial charge in [-0.25, -0.2) is 4.79 Å². The fourth-order valence-electron chi connectivity index (χ4n) is 1.93. The third kappa shape index (κ3) is 5.38. The minimum absolute atomic E-state index is 0.265. The number of carbonyl (C=O) groups excluding carboxylic acids is 2. The van der Waals surface area contributed by atoms with Crippen molar-refractivity contribution < 1.29 is 19.1 Å². The van der Waals surface area contributed by atoms with Crippen molar-refractivity contribution in [1.82, 2.24) is 0 Å². The van der Waals surface area contributed by atoms with Gasteiger partial charge in [-0.3, -0.25) is 4.79 Å². The number of rotatable bonds is 6. The maximum atomic E-state index is 12.1. The number of para-hydroxylation sites is 1. The number of hydrogen-bond acceptors (Lipinski definition) is 4. The molecule has 0 aliphatic heterocycles. The van der Waals surface area contributed by atoms with Gasteiger partial charge >= 0.3 is 5.97 Å². The zero-order chi connectivity index (χ0) is 17.5. The highest BCUT2D eigenvalue weighted by molar-refractivity contribution is 9.10. The summed E-state index contributed by atoms with van der Waals surface area (Å²) in [5.41, 5.74) is 1.62. The number of esters is 1. The van der Waals surface area contributed by atoms with Crippen LogP contribution in [0.1, 0.15) is 12.5 Å². The van der Waals surface area contributed by atoms with Gasteiger partial charge in [0.25, 0.3) is 5.91 Å². The van der Waals surface area contributed by atoms with Crippen LogP contribution < -0.4 is 10.1 Å². The van der Waals surface area contributed by atoms with Gasteiger partial charge in [-0.1, -0.05) is 40.2 Å². The van der Waals surface area contributed by atoms with E-state index in [-0.39, 0.29) is 12.5 Å². The van der Waals surface area contributed by atoms with Crippen molar-refractivity contribution in [2.75, 3.05) is 11.9 Å². The molecule has 1 N–H and O–H groups in total. The van der Waals surface area contributed by atoms with Crippen LogP contribution in [0, 0.1) is 6.92 Å². The molecule has 5 nitrogen and oxygen atoms in total. The Bertz CT molecular complexity index is 732. The zero-order valence-electron chi connectivity index (χ0n) is 13.4. The summed E-state index contributed by atoms with van der Waals surface area (Å²) in [6.07, 6.45) is -0.914. The van der Waals surface area contributed by atoms with E-state index in [0.717, 1.165) is 10.0 Å². The number of anilines is 1. The standard InChI is InChI=1S/C18H18BrNO4/c1-12-6-3-4-9-16(12)20-18(22)13(2)24-17(21)11-23-15-8-5-7-14(19)10-15/h3-10,13H,11H2,1-2H3,(H,20,22). The molecule has 0 heterocycles. The van der Waals surface area contributed by atoms with Gasteiger partial charge in [-0.2, -0.15) is 0 Å². The Hall–Kier alpha value is -2.34.